The molecule has 0 fully saturated rings. The molecule has 0 atom stereocenters. The van der Waals surface area contributed by atoms with Gasteiger partial charge in [-0.1, -0.05) is 0 Å². The fraction of sp³-hybridized carbons (Fsp3) is 0.600. The molecular formula is C5H11N2-. The molecule has 0 aliphatic carbocycles. The van der Waals surface area contributed by atoms with Crippen LogP contribution in [-0.4, -0.2) is 19.9 Å². The van der Waals surface area contributed by atoms with Gasteiger partial charge in [0.2, 0.25) is 0 Å². The Balaban J connectivity index is 2.69. The second-order valence-corrected chi connectivity index (χ2v) is 1.19. The van der Waals surface area contributed by atoms with Gasteiger partial charge in [0.25, 0.3) is 0 Å². The van der Waals surface area contributed by atoms with Gasteiger partial charge in [-0.3, -0.25) is 4.99 Å². The zero-order valence-corrected chi connectivity index (χ0v) is 4.65. The Morgan fingerprint density at radius 2 is 2.57 bits per heavy atom. The first-order valence-corrected chi connectivity index (χ1v) is 2.35. The molecule has 1 N–H and O–H groups in total. The highest BCUT2D eigenvalue weighted by atomic mass is 14.9. The minimum atomic E-state index is 0.909. The van der Waals surface area contributed by atoms with Crippen molar-refractivity contribution in [1.82, 2.24) is 5.32 Å². The van der Waals surface area contributed by atoms with Crippen molar-refractivity contribution >= 4 is 6.34 Å². The number of aliphatic imine (C=N–C) groups is 1. The van der Waals surface area contributed by atoms with E-state index in [-0.39, 0.29) is 0 Å². The summed E-state index contributed by atoms with van der Waals surface area (Å²) < 4.78 is 0. The predicted molar refractivity (Wildman–Crippen MR) is 32.4 cm³/mol. The third kappa shape index (κ3) is 5.47. The van der Waals surface area contributed by atoms with E-state index in [4.69, 9.17) is 0 Å². The molecule has 0 radical (unpaired) electrons. The average Bonchev–Trinajstić information content (AvgIpc) is 1.69. The van der Waals surface area contributed by atoms with E-state index in [1.54, 1.807) is 13.4 Å². The summed E-state index contributed by atoms with van der Waals surface area (Å²) in [5, 5.41) is 2.93. The quantitative estimate of drug-likeness (QED) is 0.236. The molecule has 0 heterocycles. The molecule has 0 saturated heterocycles. The van der Waals surface area contributed by atoms with Gasteiger partial charge in [-0.2, -0.15) is 6.42 Å². The number of hydrogen-bond donors (Lipinski definition) is 1. The van der Waals surface area contributed by atoms with Crippen molar-refractivity contribution in [2.75, 3.05) is 13.6 Å². The maximum atomic E-state index is 3.71. The van der Waals surface area contributed by atoms with Gasteiger partial charge in [0.05, 0.1) is 6.34 Å². The highest BCUT2D eigenvalue weighted by Gasteiger charge is 1.64. The molecule has 0 aromatic rings. The summed E-state index contributed by atoms with van der Waals surface area (Å²) in [6.45, 7) is 4.55. The first kappa shape index (κ1) is 6.47. The molecule has 0 aliphatic heterocycles. The van der Waals surface area contributed by atoms with Crippen molar-refractivity contribution in [1.29, 1.82) is 0 Å². The molecule has 0 saturated carbocycles. The smallest absolute Gasteiger partial charge is 0.0819 e. The Morgan fingerprint density at radius 3 is 3.00 bits per heavy atom. The maximum Gasteiger partial charge on any atom is 0.0819 e. The Hall–Kier alpha value is -0.530. The largest absolute Gasteiger partial charge is 0.379 e. The fourth-order valence-corrected chi connectivity index (χ4v) is 0.258. The Kier molecular flexibility index (Phi) is 5.06. The lowest BCUT2D eigenvalue weighted by molar-refractivity contribution is 0.900. The van der Waals surface area contributed by atoms with E-state index < -0.39 is 0 Å². The molecule has 7 heavy (non-hydrogen) atoms. The van der Waals surface area contributed by atoms with E-state index in [0.29, 0.717) is 0 Å². The third-order valence-corrected chi connectivity index (χ3v) is 0.542. The molecule has 0 aliphatic rings. The molecule has 0 spiro atoms. The summed E-state index contributed by atoms with van der Waals surface area (Å²) in [4.78, 5) is 3.71. The van der Waals surface area contributed by atoms with Crippen molar-refractivity contribution < 1.29 is 0 Å². The second kappa shape index (κ2) is 5.47. The number of nitrogens with one attached hydrogen (secondary N) is 1. The standard InChI is InChI=1S/C5H11N2/c1-3-4-7-5-6-2/h5H,1,3-4H2,2H3,(H,6,7)/q-1. The topological polar surface area (TPSA) is 24.4 Å². The van der Waals surface area contributed by atoms with Gasteiger partial charge in [-0.25, -0.2) is 0 Å². The Bertz CT molecular complexity index is 50.0. The van der Waals surface area contributed by atoms with Crippen LogP contribution in [0.2, 0.25) is 0 Å². The van der Waals surface area contributed by atoms with Gasteiger partial charge in [0.15, 0.2) is 0 Å². The monoisotopic (exact) mass is 99.1 g/mol. The normalized spacial score (nSPS) is 10.0. The lowest BCUT2D eigenvalue weighted by atomic mass is 10.5. The van der Waals surface area contributed by atoms with Crippen LogP contribution in [0.1, 0.15) is 6.42 Å². The van der Waals surface area contributed by atoms with Crippen molar-refractivity contribution in [3.05, 3.63) is 6.92 Å². The van der Waals surface area contributed by atoms with E-state index in [1.165, 1.54) is 0 Å². The van der Waals surface area contributed by atoms with Gasteiger partial charge in [-0.05, 0) is 6.54 Å². The van der Waals surface area contributed by atoms with Crippen LogP contribution in [-0.2, 0) is 0 Å². The van der Waals surface area contributed by atoms with Crippen LogP contribution >= 0.6 is 0 Å². The van der Waals surface area contributed by atoms with Crippen LogP contribution in [0.25, 0.3) is 0 Å². The van der Waals surface area contributed by atoms with E-state index >= 15 is 0 Å². The average molecular weight is 99.2 g/mol. The van der Waals surface area contributed by atoms with Crippen LogP contribution in [0.3, 0.4) is 0 Å². The summed E-state index contributed by atoms with van der Waals surface area (Å²) in [5.74, 6) is 0. The number of hydrogen-bond acceptors (Lipinski definition) is 1. The van der Waals surface area contributed by atoms with Crippen LogP contribution in [0.4, 0.5) is 0 Å². The highest BCUT2D eigenvalue weighted by molar-refractivity contribution is 5.53. The van der Waals surface area contributed by atoms with Crippen LogP contribution < -0.4 is 5.32 Å². The van der Waals surface area contributed by atoms with Gasteiger partial charge in [0.1, 0.15) is 0 Å². The van der Waals surface area contributed by atoms with Crippen LogP contribution in [0, 0.1) is 6.92 Å². The molecule has 0 rings (SSSR count). The Labute approximate surface area is 44.6 Å². The highest BCUT2D eigenvalue weighted by Crippen LogP contribution is 1.63. The molecule has 0 aromatic carbocycles. The molecule has 2 nitrogen and oxygen atoms in total. The first-order chi connectivity index (χ1) is 3.41. The van der Waals surface area contributed by atoms with E-state index in [0.717, 1.165) is 13.0 Å². The molecule has 2 heteroatoms. The molecule has 0 bridgehead atoms. The Morgan fingerprint density at radius 1 is 1.86 bits per heavy atom. The fourth-order valence-electron chi connectivity index (χ4n) is 0.258. The van der Waals surface area contributed by atoms with Gasteiger partial charge < -0.3 is 12.2 Å². The van der Waals surface area contributed by atoms with E-state index in [1.807, 2.05) is 0 Å². The van der Waals surface area contributed by atoms with Crippen molar-refractivity contribution in [3.63, 3.8) is 0 Å². The number of nitrogens with zero attached hydrogens (tertiary/aromatic N) is 1. The summed E-state index contributed by atoms with van der Waals surface area (Å²) in [5.41, 5.74) is 0. The first-order valence-electron chi connectivity index (χ1n) is 2.35. The molecule has 42 valence electrons. The minimum absolute atomic E-state index is 0.909. The molecule has 0 aromatic heterocycles. The van der Waals surface area contributed by atoms with E-state index in [9.17, 15) is 0 Å². The summed E-state index contributed by atoms with van der Waals surface area (Å²) >= 11 is 0. The van der Waals surface area contributed by atoms with Crippen LogP contribution in [0.15, 0.2) is 4.99 Å². The summed E-state index contributed by atoms with van der Waals surface area (Å²) in [7, 11) is 1.73. The van der Waals surface area contributed by atoms with Crippen molar-refractivity contribution in [3.8, 4) is 0 Å². The van der Waals surface area contributed by atoms with Gasteiger partial charge >= 0.3 is 0 Å². The summed E-state index contributed by atoms with van der Waals surface area (Å²) in [6.07, 6.45) is 2.58. The molecular weight excluding hydrogens is 88.1 g/mol. The SMILES string of the molecule is [CH2-]CCNC=NC. The molecule has 0 unspecified atom stereocenters. The zero-order chi connectivity index (χ0) is 5.54. The number of rotatable bonds is 3. The van der Waals surface area contributed by atoms with Crippen molar-refractivity contribution in [2.24, 2.45) is 4.99 Å². The predicted octanol–water partition coefficient (Wildman–Crippen LogP) is 0.458. The van der Waals surface area contributed by atoms with Gasteiger partial charge in [-0.15, -0.1) is 0 Å². The summed E-state index contributed by atoms with van der Waals surface area (Å²) in [6, 6.07) is 0. The van der Waals surface area contributed by atoms with Crippen molar-refractivity contribution in [2.45, 2.75) is 6.42 Å². The third-order valence-electron chi connectivity index (χ3n) is 0.542. The lowest BCUT2D eigenvalue weighted by Gasteiger charge is -1.94. The minimum Gasteiger partial charge on any atom is -0.379 e. The van der Waals surface area contributed by atoms with Crippen LogP contribution in [0.5, 0.6) is 0 Å². The van der Waals surface area contributed by atoms with E-state index in [2.05, 4.69) is 17.2 Å². The second-order valence-electron chi connectivity index (χ2n) is 1.19. The maximum absolute atomic E-state index is 3.71. The van der Waals surface area contributed by atoms with Gasteiger partial charge in [0, 0.05) is 7.05 Å². The molecule has 0 amide bonds. The zero-order valence-electron chi connectivity index (χ0n) is 4.65. The lowest BCUT2D eigenvalue weighted by Crippen LogP contribution is -2.10.